The highest BCUT2D eigenvalue weighted by Gasteiger charge is 2.46. The average molecular weight is 464 g/mol. The number of hydrogen-bond donors (Lipinski definition) is 3. The topological polar surface area (TPSA) is 78.6 Å². The highest BCUT2D eigenvalue weighted by molar-refractivity contribution is 5.85. The lowest BCUT2D eigenvalue weighted by atomic mass is 9.75. The summed E-state index contributed by atoms with van der Waals surface area (Å²) in [5, 5.41) is 14.5. The molecule has 0 radical (unpaired) electrons. The molecule has 1 amide bonds. The fourth-order valence-electron chi connectivity index (χ4n) is 5.06. The molecule has 1 aromatic rings. The summed E-state index contributed by atoms with van der Waals surface area (Å²) in [6.45, 7) is 4.09. The van der Waals surface area contributed by atoms with E-state index in [2.05, 4.69) is 10.2 Å². The molecule has 7 heteroatoms. The molecule has 1 saturated heterocycles. The van der Waals surface area contributed by atoms with Crippen LogP contribution >= 0.6 is 0 Å². The summed E-state index contributed by atoms with van der Waals surface area (Å²) in [7, 11) is 0. The summed E-state index contributed by atoms with van der Waals surface area (Å²) in [5.41, 5.74) is 6.16. The number of nitrogen functional groups attached to an aromatic ring is 1. The molecule has 1 unspecified atom stereocenters. The Morgan fingerprint density at radius 1 is 1.15 bits per heavy atom. The Balaban J connectivity index is 1.58. The van der Waals surface area contributed by atoms with Crippen molar-refractivity contribution in [2.24, 2.45) is 5.92 Å². The summed E-state index contributed by atoms with van der Waals surface area (Å²) < 4.78 is 28.4. The Morgan fingerprint density at radius 3 is 2.52 bits per heavy atom. The molecule has 0 bridgehead atoms. The second kappa shape index (κ2) is 11.4. The van der Waals surface area contributed by atoms with Gasteiger partial charge in [0.05, 0.1) is 0 Å². The molecule has 1 aliphatic carbocycles. The van der Waals surface area contributed by atoms with Crippen molar-refractivity contribution in [2.45, 2.75) is 88.8 Å². The van der Waals surface area contributed by atoms with Crippen LogP contribution in [-0.2, 0) is 11.3 Å². The van der Waals surface area contributed by atoms with E-state index in [0.29, 0.717) is 19.3 Å². The fraction of sp³-hybridized carbons (Fsp3) is 0.654. The lowest BCUT2D eigenvalue weighted by Crippen LogP contribution is -2.56. The first-order chi connectivity index (χ1) is 15.7. The summed E-state index contributed by atoms with van der Waals surface area (Å²) in [5.74, 6) is -3.68. The smallest absolute Gasteiger partial charge is 0.252 e. The number of amides is 1. The van der Waals surface area contributed by atoms with E-state index in [9.17, 15) is 18.7 Å². The van der Waals surface area contributed by atoms with Crippen LogP contribution in [0.2, 0.25) is 0 Å². The van der Waals surface area contributed by atoms with E-state index in [1.807, 2.05) is 36.4 Å². The zero-order valence-electron chi connectivity index (χ0n) is 19.7. The van der Waals surface area contributed by atoms with Gasteiger partial charge in [-0.2, -0.15) is 0 Å². The predicted octanol–water partition coefficient (Wildman–Crippen LogP) is 4.65. The van der Waals surface area contributed by atoms with E-state index in [4.69, 9.17) is 5.73 Å². The maximum Gasteiger partial charge on any atom is 0.252 e. The molecule has 2 aliphatic rings. The number of hydrogen-bond acceptors (Lipinski definition) is 4. The molecule has 1 aromatic carbocycles. The van der Waals surface area contributed by atoms with E-state index in [1.165, 1.54) is 0 Å². The third-order valence-electron chi connectivity index (χ3n) is 7.20. The van der Waals surface area contributed by atoms with Gasteiger partial charge in [-0.25, -0.2) is 8.78 Å². The van der Waals surface area contributed by atoms with Crippen LogP contribution in [0.4, 0.5) is 14.5 Å². The third kappa shape index (κ3) is 7.00. The first-order valence-electron chi connectivity index (χ1n) is 12.4. The van der Waals surface area contributed by atoms with Gasteiger partial charge in [0.1, 0.15) is 5.60 Å². The maximum atomic E-state index is 14.2. The second-order valence-electron chi connectivity index (χ2n) is 9.73. The van der Waals surface area contributed by atoms with Crippen LogP contribution in [0, 0.1) is 5.92 Å². The van der Waals surface area contributed by atoms with Crippen LogP contribution < -0.4 is 11.1 Å². The fourth-order valence-corrected chi connectivity index (χ4v) is 5.06. The van der Waals surface area contributed by atoms with Gasteiger partial charge in [0.15, 0.2) is 0 Å². The van der Waals surface area contributed by atoms with Crippen LogP contribution in [0.1, 0.15) is 70.3 Å². The first-order valence-corrected chi connectivity index (χ1v) is 12.4. The summed E-state index contributed by atoms with van der Waals surface area (Å²) >= 11 is 0. The molecule has 33 heavy (non-hydrogen) atoms. The number of carbonyl (C=O) groups is 1. The SMILES string of the molecule is CCCC(F)(F)CC[C@](O)(C(=O)NC1CCN(Cc2ccccc2N)CC1)C1CC=CCC1. The number of allylic oxidation sites excluding steroid dienone is 2. The zero-order chi connectivity index (χ0) is 23.9. The van der Waals surface area contributed by atoms with Crippen LogP contribution in [0.25, 0.3) is 0 Å². The highest BCUT2D eigenvalue weighted by Crippen LogP contribution is 2.37. The Kier molecular flexibility index (Phi) is 8.88. The number of anilines is 1. The minimum absolute atomic E-state index is 0.0660. The van der Waals surface area contributed by atoms with Gasteiger partial charge in [-0.15, -0.1) is 0 Å². The third-order valence-corrected chi connectivity index (χ3v) is 7.20. The Labute approximate surface area is 196 Å². The minimum Gasteiger partial charge on any atom is -0.398 e. The maximum absolute atomic E-state index is 14.2. The van der Waals surface area contributed by atoms with Gasteiger partial charge in [0.2, 0.25) is 5.92 Å². The standard InChI is InChI=1S/C26H39F2N3O2/c1-2-14-25(27,28)15-16-26(33,21-9-4-3-5-10-21)24(32)30-22-12-17-31(18-13-22)19-20-8-6-7-11-23(20)29/h3-4,6-8,11,21-22,33H,2,5,9-10,12-19,29H2,1H3,(H,30,32)/t21?,26-/m1/s1. The molecule has 3 rings (SSSR count). The van der Waals surface area contributed by atoms with E-state index >= 15 is 0 Å². The molecule has 5 nitrogen and oxygen atoms in total. The number of rotatable bonds is 10. The van der Waals surface area contributed by atoms with E-state index in [1.54, 1.807) is 6.92 Å². The Bertz CT molecular complexity index is 808. The monoisotopic (exact) mass is 463 g/mol. The van der Waals surface area contributed by atoms with Crippen molar-refractivity contribution >= 4 is 11.6 Å². The van der Waals surface area contributed by atoms with Gasteiger partial charge in [-0.1, -0.05) is 43.7 Å². The van der Waals surface area contributed by atoms with E-state index in [-0.39, 0.29) is 24.8 Å². The second-order valence-corrected chi connectivity index (χ2v) is 9.73. The summed E-state index contributed by atoms with van der Waals surface area (Å²) in [6.07, 6.45) is 6.88. The van der Waals surface area contributed by atoms with E-state index in [0.717, 1.165) is 50.1 Å². The van der Waals surface area contributed by atoms with Crippen molar-refractivity contribution in [3.05, 3.63) is 42.0 Å². The summed E-state index contributed by atoms with van der Waals surface area (Å²) in [4.78, 5) is 15.6. The molecule has 0 spiro atoms. The zero-order valence-corrected chi connectivity index (χ0v) is 19.7. The number of halogens is 2. The number of nitrogens with zero attached hydrogens (tertiary/aromatic N) is 1. The minimum atomic E-state index is -2.86. The number of carbonyl (C=O) groups excluding carboxylic acids is 1. The molecule has 0 aromatic heterocycles. The van der Waals surface area contributed by atoms with Crippen LogP contribution in [0.5, 0.6) is 0 Å². The quantitative estimate of drug-likeness (QED) is 0.349. The van der Waals surface area contributed by atoms with Crippen molar-refractivity contribution in [3.8, 4) is 0 Å². The van der Waals surface area contributed by atoms with Crippen molar-refractivity contribution < 1.29 is 18.7 Å². The van der Waals surface area contributed by atoms with Gasteiger partial charge >= 0.3 is 0 Å². The van der Waals surface area contributed by atoms with Crippen molar-refractivity contribution in [3.63, 3.8) is 0 Å². The molecular weight excluding hydrogens is 424 g/mol. The van der Waals surface area contributed by atoms with Gasteiger partial charge in [-0.05, 0) is 50.2 Å². The molecule has 1 heterocycles. The molecule has 1 aliphatic heterocycles. The normalized spacial score (nSPS) is 22.1. The largest absolute Gasteiger partial charge is 0.398 e. The van der Waals surface area contributed by atoms with E-state index < -0.39 is 23.9 Å². The lowest BCUT2D eigenvalue weighted by Gasteiger charge is -2.39. The number of aliphatic hydroxyl groups is 1. The van der Waals surface area contributed by atoms with Crippen LogP contribution in [0.15, 0.2) is 36.4 Å². The Hall–Kier alpha value is -1.99. The van der Waals surface area contributed by atoms with Crippen molar-refractivity contribution in [2.75, 3.05) is 18.8 Å². The highest BCUT2D eigenvalue weighted by atomic mass is 19.3. The number of nitrogens with one attached hydrogen (secondary N) is 1. The molecule has 1 fully saturated rings. The van der Waals surface area contributed by atoms with Gasteiger partial charge in [0, 0.05) is 50.1 Å². The number of nitrogens with two attached hydrogens (primary N) is 1. The number of alkyl halides is 2. The number of para-hydroxylation sites is 1. The van der Waals surface area contributed by atoms with Crippen LogP contribution in [0.3, 0.4) is 0 Å². The predicted molar refractivity (Wildman–Crippen MR) is 128 cm³/mol. The van der Waals surface area contributed by atoms with Gasteiger partial charge in [-0.3, -0.25) is 9.69 Å². The van der Waals surface area contributed by atoms with Crippen molar-refractivity contribution in [1.29, 1.82) is 0 Å². The first kappa shape index (κ1) is 25.6. The van der Waals surface area contributed by atoms with Crippen molar-refractivity contribution in [1.82, 2.24) is 10.2 Å². The van der Waals surface area contributed by atoms with Gasteiger partial charge < -0.3 is 16.2 Å². The molecule has 4 N–H and O–H groups in total. The average Bonchev–Trinajstić information content (AvgIpc) is 2.81. The number of benzene rings is 1. The summed E-state index contributed by atoms with van der Waals surface area (Å²) in [6, 6.07) is 7.75. The van der Waals surface area contributed by atoms with Crippen LogP contribution in [-0.4, -0.2) is 46.6 Å². The molecular formula is C26H39F2N3O2. The molecule has 184 valence electrons. The lowest BCUT2D eigenvalue weighted by molar-refractivity contribution is -0.151. The Morgan fingerprint density at radius 2 is 1.88 bits per heavy atom. The number of piperidine rings is 1. The number of likely N-dealkylation sites (tertiary alicyclic amines) is 1. The van der Waals surface area contributed by atoms with Gasteiger partial charge in [0.25, 0.3) is 5.91 Å². The molecule has 2 atom stereocenters. The molecule has 0 saturated carbocycles.